The minimum absolute atomic E-state index is 0.0412. The van der Waals surface area contributed by atoms with Gasteiger partial charge in [-0.2, -0.15) is 0 Å². The fraction of sp³-hybridized carbons (Fsp3) is 0.615. The molecule has 4 nitrogen and oxygen atoms in total. The quantitative estimate of drug-likeness (QED) is 0.807. The Morgan fingerprint density at radius 1 is 1.40 bits per heavy atom. The first-order valence-corrected chi connectivity index (χ1v) is 9.74. The van der Waals surface area contributed by atoms with Crippen LogP contribution in [-0.2, 0) is 9.05 Å². The number of rotatable bonds is 6. The molecule has 1 aromatic rings. The molecule has 0 aliphatic rings. The smallest absolute Gasteiger partial charge is 0.271 e. The molecule has 0 saturated heterocycles. The minimum atomic E-state index is -3.79. The van der Waals surface area contributed by atoms with Gasteiger partial charge in [-0.05, 0) is 25.3 Å². The third kappa shape index (κ3) is 3.96. The Balaban J connectivity index is 2.92. The maximum Gasteiger partial charge on any atom is 0.271 e. The third-order valence-corrected chi connectivity index (χ3v) is 6.88. The second kappa shape index (κ2) is 6.91. The zero-order chi connectivity index (χ0) is 15.5. The molecule has 0 saturated carbocycles. The van der Waals surface area contributed by atoms with Crippen LogP contribution >= 0.6 is 22.0 Å². The molecule has 0 aromatic carbocycles. The van der Waals surface area contributed by atoms with Gasteiger partial charge in [0.15, 0.2) is 0 Å². The van der Waals surface area contributed by atoms with E-state index in [4.69, 9.17) is 10.7 Å². The van der Waals surface area contributed by atoms with E-state index in [1.165, 1.54) is 0 Å². The lowest BCUT2D eigenvalue weighted by Gasteiger charge is -2.22. The summed E-state index contributed by atoms with van der Waals surface area (Å²) in [4.78, 5) is 12.2. The van der Waals surface area contributed by atoms with Crippen molar-refractivity contribution in [3.8, 4) is 0 Å². The van der Waals surface area contributed by atoms with Crippen LogP contribution in [0.1, 0.15) is 49.5 Å². The van der Waals surface area contributed by atoms with E-state index in [0.717, 1.165) is 24.2 Å². The van der Waals surface area contributed by atoms with Crippen LogP contribution in [0.25, 0.3) is 0 Å². The van der Waals surface area contributed by atoms with Crippen molar-refractivity contribution in [2.24, 2.45) is 5.92 Å². The molecule has 1 aromatic heterocycles. The lowest BCUT2D eigenvalue weighted by Crippen LogP contribution is -2.37. The molecular weight excluding hydrogens is 318 g/mol. The van der Waals surface area contributed by atoms with Gasteiger partial charge < -0.3 is 5.32 Å². The average Bonchev–Trinajstić information content (AvgIpc) is 2.72. The number of halogens is 1. The van der Waals surface area contributed by atoms with E-state index in [1.54, 1.807) is 12.3 Å². The molecule has 0 radical (unpaired) electrons. The Bertz CT molecular complexity index is 576. The van der Waals surface area contributed by atoms with Crippen LogP contribution in [0.2, 0.25) is 0 Å². The molecule has 0 bridgehead atoms. The van der Waals surface area contributed by atoms with E-state index in [9.17, 15) is 13.2 Å². The number of amides is 1. The van der Waals surface area contributed by atoms with Gasteiger partial charge >= 0.3 is 0 Å². The van der Waals surface area contributed by atoms with Gasteiger partial charge in [0.25, 0.3) is 15.0 Å². The first-order chi connectivity index (χ1) is 9.22. The lowest BCUT2D eigenvalue weighted by molar-refractivity contribution is 0.0925. The van der Waals surface area contributed by atoms with Crippen LogP contribution in [0.15, 0.2) is 9.59 Å². The molecule has 0 fully saturated rings. The number of nitrogens with one attached hydrogen (secondary N) is 1. The molecule has 1 amide bonds. The summed E-state index contributed by atoms with van der Waals surface area (Å²) in [5, 5.41) is 4.47. The minimum Gasteiger partial charge on any atom is -0.349 e. The molecule has 1 N–H and O–H groups in total. The van der Waals surface area contributed by atoms with E-state index >= 15 is 0 Å². The van der Waals surface area contributed by atoms with Crippen LogP contribution in [0.4, 0.5) is 0 Å². The zero-order valence-electron chi connectivity index (χ0n) is 12.1. The molecule has 1 unspecified atom stereocenters. The number of carbonyl (C=O) groups is 1. The SMILES string of the molecule is CCC(CC)C(C)NC(=O)c1csc(S(=O)(=O)Cl)c1C. The Morgan fingerprint density at radius 2 is 1.95 bits per heavy atom. The Morgan fingerprint density at radius 3 is 2.35 bits per heavy atom. The maximum atomic E-state index is 12.2. The highest BCUT2D eigenvalue weighted by Gasteiger charge is 2.23. The number of thiophene rings is 1. The Hall–Kier alpha value is -0.590. The predicted molar refractivity (Wildman–Crippen MR) is 83.1 cm³/mol. The second-order valence-corrected chi connectivity index (χ2v) is 8.48. The fourth-order valence-electron chi connectivity index (χ4n) is 2.26. The summed E-state index contributed by atoms with van der Waals surface area (Å²) in [6, 6.07) is 0.0489. The van der Waals surface area contributed by atoms with E-state index in [2.05, 4.69) is 19.2 Å². The van der Waals surface area contributed by atoms with Crippen molar-refractivity contribution in [2.45, 2.75) is 50.8 Å². The van der Waals surface area contributed by atoms with E-state index in [0.29, 0.717) is 17.0 Å². The highest BCUT2D eigenvalue weighted by molar-refractivity contribution is 8.15. The van der Waals surface area contributed by atoms with Crippen molar-refractivity contribution in [3.05, 3.63) is 16.5 Å². The fourth-order valence-corrected chi connectivity index (χ4v) is 4.81. The van der Waals surface area contributed by atoms with E-state index in [-0.39, 0.29) is 16.2 Å². The van der Waals surface area contributed by atoms with Gasteiger partial charge in [-0.1, -0.05) is 26.7 Å². The molecule has 1 rings (SSSR count). The monoisotopic (exact) mass is 337 g/mol. The van der Waals surface area contributed by atoms with E-state index in [1.807, 2.05) is 6.92 Å². The summed E-state index contributed by atoms with van der Waals surface area (Å²) < 4.78 is 22.8. The normalized spacial score (nSPS) is 13.5. The van der Waals surface area contributed by atoms with Crippen molar-refractivity contribution in [1.82, 2.24) is 5.32 Å². The third-order valence-electron chi connectivity index (χ3n) is 3.57. The second-order valence-electron chi connectivity index (χ2n) is 4.84. The molecule has 1 atom stereocenters. The van der Waals surface area contributed by atoms with Gasteiger partial charge in [-0.25, -0.2) is 8.42 Å². The molecule has 7 heteroatoms. The Labute approximate surface area is 129 Å². The van der Waals surface area contributed by atoms with Crippen molar-refractivity contribution < 1.29 is 13.2 Å². The van der Waals surface area contributed by atoms with Crippen LogP contribution in [0, 0.1) is 12.8 Å². The van der Waals surface area contributed by atoms with Crippen molar-refractivity contribution in [2.75, 3.05) is 0 Å². The lowest BCUT2D eigenvalue weighted by atomic mass is 9.95. The van der Waals surface area contributed by atoms with Crippen molar-refractivity contribution in [3.63, 3.8) is 0 Å². The Kier molecular flexibility index (Phi) is 6.04. The van der Waals surface area contributed by atoms with Gasteiger partial charge in [0, 0.05) is 22.1 Å². The first kappa shape index (κ1) is 17.5. The van der Waals surface area contributed by atoms with Crippen LogP contribution in [0.5, 0.6) is 0 Å². The molecule has 0 aliphatic carbocycles. The van der Waals surface area contributed by atoms with Crippen LogP contribution in [-0.4, -0.2) is 20.4 Å². The highest BCUT2D eigenvalue weighted by Crippen LogP contribution is 2.29. The summed E-state index contributed by atoms with van der Waals surface area (Å²) in [6.07, 6.45) is 1.98. The van der Waals surface area contributed by atoms with Crippen LogP contribution in [0.3, 0.4) is 0 Å². The molecule has 0 spiro atoms. The molecule has 0 aliphatic heterocycles. The summed E-state index contributed by atoms with van der Waals surface area (Å²) in [7, 11) is 1.54. The largest absolute Gasteiger partial charge is 0.349 e. The van der Waals surface area contributed by atoms with Crippen LogP contribution < -0.4 is 5.32 Å². The predicted octanol–water partition coefficient (Wildman–Crippen LogP) is 3.54. The molecular formula is C13H20ClNO3S2. The van der Waals surface area contributed by atoms with Crippen molar-refractivity contribution >= 4 is 37.0 Å². The first-order valence-electron chi connectivity index (χ1n) is 6.55. The number of hydrogen-bond donors (Lipinski definition) is 1. The number of carbonyl (C=O) groups excluding carboxylic acids is 1. The van der Waals surface area contributed by atoms with Gasteiger partial charge in [-0.15, -0.1) is 11.3 Å². The molecule has 1 heterocycles. The maximum absolute atomic E-state index is 12.2. The highest BCUT2D eigenvalue weighted by atomic mass is 35.7. The average molecular weight is 338 g/mol. The number of hydrogen-bond acceptors (Lipinski definition) is 4. The van der Waals surface area contributed by atoms with Gasteiger partial charge in [0.1, 0.15) is 4.21 Å². The molecule has 114 valence electrons. The summed E-state index contributed by atoms with van der Waals surface area (Å²) in [5.74, 6) is 0.166. The summed E-state index contributed by atoms with van der Waals surface area (Å²) >= 11 is 0.978. The van der Waals surface area contributed by atoms with Crippen molar-refractivity contribution in [1.29, 1.82) is 0 Å². The standard InChI is InChI=1S/C13H20ClNO3S2/c1-5-10(6-2)9(4)15-12(16)11-7-19-13(8(11)3)20(14,17)18/h7,9-10H,5-6H2,1-4H3,(H,15,16). The topological polar surface area (TPSA) is 63.2 Å². The summed E-state index contributed by atoms with van der Waals surface area (Å²) in [6.45, 7) is 7.74. The van der Waals surface area contributed by atoms with Gasteiger partial charge in [0.05, 0.1) is 5.56 Å². The summed E-state index contributed by atoms with van der Waals surface area (Å²) in [5.41, 5.74) is 0.797. The van der Waals surface area contributed by atoms with E-state index < -0.39 is 9.05 Å². The van der Waals surface area contributed by atoms with Gasteiger partial charge in [0.2, 0.25) is 0 Å². The zero-order valence-corrected chi connectivity index (χ0v) is 14.5. The molecule has 20 heavy (non-hydrogen) atoms. The van der Waals surface area contributed by atoms with Gasteiger partial charge in [-0.3, -0.25) is 4.79 Å².